The lowest BCUT2D eigenvalue weighted by Crippen LogP contribution is -2.33. The van der Waals surface area contributed by atoms with Crippen LogP contribution in [0.1, 0.15) is 12.8 Å². The predicted octanol–water partition coefficient (Wildman–Crippen LogP) is 0.985. The van der Waals surface area contributed by atoms with Crippen molar-refractivity contribution in [3.05, 3.63) is 24.3 Å². The molecule has 1 atom stereocenters. The Labute approximate surface area is 120 Å². The van der Waals surface area contributed by atoms with Gasteiger partial charge >= 0.3 is 0 Å². The van der Waals surface area contributed by atoms with Crippen molar-refractivity contribution >= 4 is 15.7 Å². The van der Waals surface area contributed by atoms with E-state index in [9.17, 15) is 8.42 Å². The van der Waals surface area contributed by atoms with E-state index in [2.05, 4.69) is 11.9 Å². The molecule has 0 bridgehead atoms. The molecule has 2 aliphatic rings. The average molecular weight is 295 g/mol. The maximum Gasteiger partial charge on any atom is 0.243 e. The van der Waals surface area contributed by atoms with Gasteiger partial charge < -0.3 is 10.6 Å². The van der Waals surface area contributed by atoms with Gasteiger partial charge in [0.1, 0.15) is 0 Å². The van der Waals surface area contributed by atoms with Gasteiger partial charge in [0.25, 0.3) is 0 Å². The van der Waals surface area contributed by atoms with E-state index in [4.69, 9.17) is 5.73 Å². The molecule has 1 unspecified atom stereocenters. The molecule has 20 heavy (non-hydrogen) atoms. The van der Waals surface area contributed by atoms with Crippen molar-refractivity contribution in [2.75, 3.05) is 39.0 Å². The lowest BCUT2D eigenvalue weighted by molar-refractivity contribution is 0.294. The molecule has 5 nitrogen and oxygen atoms in total. The van der Waals surface area contributed by atoms with Crippen molar-refractivity contribution in [3.63, 3.8) is 0 Å². The lowest BCUT2D eigenvalue weighted by Gasteiger charge is -2.23. The molecular formula is C14H21N3O2S. The van der Waals surface area contributed by atoms with E-state index in [1.54, 1.807) is 28.6 Å². The van der Waals surface area contributed by atoms with E-state index in [-0.39, 0.29) is 5.41 Å². The average Bonchev–Trinajstić information content (AvgIpc) is 2.97. The summed E-state index contributed by atoms with van der Waals surface area (Å²) in [6, 6.07) is 6.56. The smallest absolute Gasteiger partial charge is 0.243 e. The fourth-order valence-corrected chi connectivity index (χ4v) is 5.02. The minimum absolute atomic E-state index is 0.155. The van der Waals surface area contributed by atoms with Crippen molar-refractivity contribution in [2.24, 2.45) is 5.41 Å². The Bertz CT molecular complexity index is 617. The van der Waals surface area contributed by atoms with Gasteiger partial charge in [0.15, 0.2) is 0 Å². The van der Waals surface area contributed by atoms with E-state index in [1.807, 2.05) is 0 Å². The molecule has 110 valence electrons. The van der Waals surface area contributed by atoms with Gasteiger partial charge in [0.05, 0.1) is 4.90 Å². The second kappa shape index (κ2) is 4.72. The highest BCUT2D eigenvalue weighted by Gasteiger charge is 2.45. The van der Waals surface area contributed by atoms with Crippen LogP contribution in [0.2, 0.25) is 0 Å². The van der Waals surface area contributed by atoms with Crippen LogP contribution in [0.3, 0.4) is 0 Å². The zero-order valence-corrected chi connectivity index (χ0v) is 12.6. The van der Waals surface area contributed by atoms with Gasteiger partial charge in [-0.2, -0.15) is 4.31 Å². The number of hydrogen-bond acceptors (Lipinski definition) is 4. The SMILES string of the molecule is CN1CCC2(CCN(S(=O)(=O)c3cccc(N)c3)C2)C1. The van der Waals surface area contributed by atoms with E-state index in [0.29, 0.717) is 23.7 Å². The molecule has 0 aliphatic carbocycles. The molecule has 2 N–H and O–H groups in total. The summed E-state index contributed by atoms with van der Waals surface area (Å²) in [6.45, 7) is 3.31. The van der Waals surface area contributed by atoms with Crippen LogP contribution in [0.5, 0.6) is 0 Å². The summed E-state index contributed by atoms with van der Waals surface area (Å²) in [7, 11) is -1.31. The largest absolute Gasteiger partial charge is 0.399 e. The minimum Gasteiger partial charge on any atom is -0.399 e. The Morgan fingerprint density at radius 1 is 1.20 bits per heavy atom. The highest BCUT2D eigenvalue weighted by atomic mass is 32.2. The summed E-state index contributed by atoms with van der Waals surface area (Å²) in [5, 5.41) is 0. The van der Waals surface area contributed by atoms with Gasteiger partial charge in [-0.25, -0.2) is 8.42 Å². The predicted molar refractivity (Wildman–Crippen MR) is 78.8 cm³/mol. The molecule has 0 saturated carbocycles. The minimum atomic E-state index is -3.41. The molecule has 3 rings (SSSR count). The van der Waals surface area contributed by atoms with Crippen LogP contribution < -0.4 is 5.73 Å². The molecule has 2 heterocycles. The summed E-state index contributed by atoms with van der Waals surface area (Å²) >= 11 is 0. The monoisotopic (exact) mass is 295 g/mol. The number of nitrogens with zero attached hydrogens (tertiary/aromatic N) is 2. The number of rotatable bonds is 2. The molecule has 2 fully saturated rings. The van der Waals surface area contributed by atoms with Crippen molar-refractivity contribution < 1.29 is 8.42 Å². The second-order valence-electron chi connectivity index (χ2n) is 6.15. The highest BCUT2D eigenvalue weighted by Crippen LogP contribution is 2.40. The summed E-state index contributed by atoms with van der Waals surface area (Å²) in [5.41, 5.74) is 6.34. The molecule has 1 aromatic carbocycles. The maximum atomic E-state index is 12.7. The first kappa shape index (κ1) is 13.9. The zero-order valence-electron chi connectivity index (χ0n) is 11.7. The first-order valence-corrected chi connectivity index (χ1v) is 8.40. The van der Waals surface area contributed by atoms with E-state index in [1.165, 1.54) is 0 Å². The Kier molecular flexibility index (Phi) is 3.27. The second-order valence-corrected chi connectivity index (χ2v) is 8.09. The molecule has 2 aliphatic heterocycles. The van der Waals surface area contributed by atoms with Crippen molar-refractivity contribution in [3.8, 4) is 0 Å². The van der Waals surface area contributed by atoms with Gasteiger partial charge in [-0.05, 0) is 50.0 Å². The number of anilines is 1. The van der Waals surface area contributed by atoms with Crippen LogP contribution in [0.4, 0.5) is 5.69 Å². The number of nitrogens with two attached hydrogens (primary N) is 1. The van der Waals surface area contributed by atoms with Crippen LogP contribution in [-0.4, -0.2) is 50.8 Å². The molecule has 0 radical (unpaired) electrons. The van der Waals surface area contributed by atoms with E-state index >= 15 is 0 Å². The fourth-order valence-electron chi connectivity index (χ4n) is 3.42. The topological polar surface area (TPSA) is 66.6 Å². The Morgan fingerprint density at radius 3 is 2.60 bits per heavy atom. The summed E-state index contributed by atoms with van der Waals surface area (Å²) in [5.74, 6) is 0. The molecule has 1 aromatic rings. The Morgan fingerprint density at radius 2 is 1.95 bits per heavy atom. The third kappa shape index (κ3) is 2.32. The third-order valence-corrected chi connectivity index (χ3v) is 6.37. The van der Waals surface area contributed by atoms with Crippen LogP contribution in [0.15, 0.2) is 29.2 Å². The normalized spacial score (nSPS) is 28.4. The molecule has 0 aromatic heterocycles. The fraction of sp³-hybridized carbons (Fsp3) is 0.571. The highest BCUT2D eigenvalue weighted by molar-refractivity contribution is 7.89. The number of sulfonamides is 1. The number of likely N-dealkylation sites (tertiary alicyclic amines) is 1. The molecule has 0 amide bonds. The summed E-state index contributed by atoms with van der Waals surface area (Å²) < 4.78 is 27.0. The lowest BCUT2D eigenvalue weighted by atomic mass is 9.87. The van der Waals surface area contributed by atoms with Gasteiger partial charge in [-0.1, -0.05) is 6.07 Å². The number of nitrogen functional groups attached to an aromatic ring is 1. The Balaban J connectivity index is 1.83. The summed E-state index contributed by atoms with van der Waals surface area (Å²) in [4.78, 5) is 2.59. The van der Waals surface area contributed by atoms with E-state index < -0.39 is 10.0 Å². The van der Waals surface area contributed by atoms with Crippen LogP contribution in [0.25, 0.3) is 0 Å². The van der Waals surface area contributed by atoms with Gasteiger partial charge in [-0.15, -0.1) is 0 Å². The quantitative estimate of drug-likeness (QED) is 0.826. The van der Waals surface area contributed by atoms with E-state index in [0.717, 1.165) is 25.9 Å². The van der Waals surface area contributed by atoms with Gasteiger partial charge in [0, 0.05) is 25.3 Å². The van der Waals surface area contributed by atoms with Crippen molar-refractivity contribution in [1.82, 2.24) is 9.21 Å². The zero-order chi connectivity index (χ0) is 14.4. The van der Waals surface area contributed by atoms with Crippen LogP contribution in [-0.2, 0) is 10.0 Å². The molecule has 2 saturated heterocycles. The van der Waals surface area contributed by atoms with Crippen LogP contribution >= 0.6 is 0 Å². The number of hydrogen-bond donors (Lipinski definition) is 1. The maximum absolute atomic E-state index is 12.7. The first-order chi connectivity index (χ1) is 9.41. The summed E-state index contributed by atoms with van der Waals surface area (Å²) in [6.07, 6.45) is 2.05. The first-order valence-electron chi connectivity index (χ1n) is 6.96. The molecular weight excluding hydrogens is 274 g/mol. The van der Waals surface area contributed by atoms with Gasteiger partial charge in [0.2, 0.25) is 10.0 Å². The molecule has 1 spiro atoms. The Hall–Kier alpha value is -1.11. The van der Waals surface area contributed by atoms with Crippen molar-refractivity contribution in [2.45, 2.75) is 17.7 Å². The third-order valence-electron chi connectivity index (χ3n) is 4.53. The number of benzene rings is 1. The molecule has 6 heteroatoms. The van der Waals surface area contributed by atoms with Crippen molar-refractivity contribution in [1.29, 1.82) is 0 Å². The van der Waals surface area contributed by atoms with Gasteiger partial charge in [-0.3, -0.25) is 0 Å². The van der Waals surface area contributed by atoms with Crippen LogP contribution in [0, 0.1) is 5.41 Å². The standard InChI is InChI=1S/C14H21N3O2S/c1-16-7-5-14(10-16)6-8-17(11-14)20(18,19)13-4-2-3-12(15)9-13/h2-4,9H,5-8,10-11,15H2,1H3.